The summed E-state index contributed by atoms with van der Waals surface area (Å²) in [4.78, 5) is 25.5. The lowest BCUT2D eigenvalue weighted by atomic mass is 9.83. The number of halogens is 2. The number of rotatable bonds is 10. The third-order valence-electron chi connectivity index (χ3n) is 7.22. The van der Waals surface area contributed by atoms with Crippen LogP contribution in [0.25, 0.3) is 0 Å². The average molecular weight is 544 g/mol. The van der Waals surface area contributed by atoms with Crippen LogP contribution in [0.5, 0.6) is 0 Å². The van der Waals surface area contributed by atoms with Crippen LogP contribution in [0, 0.1) is 17.0 Å². The molecule has 6 nitrogen and oxygen atoms in total. The molecule has 0 bridgehead atoms. The van der Waals surface area contributed by atoms with Gasteiger partial charge in [0.1, 0.15) is 11.6 Å². The van der Waals surface area contributed by atoms with Crippen LogP contribution >= 0.6 is 0 Å². The van der Waals surface area contributed by atoms with Gasteiger partial charge in [-0.25, -0.2) is 8.78 Å². The lowest BCUT2D eigenvalue weighted by molar-refractivity contribution is -0.129. The van der Waals surface area contributed by atoms with Crippen LogP contribution in [0.2, 0.25) is 0 Å². The topological polar surface area (TPSA) is 81.7 Å². The smallest absolute Gasteiger partial charge is 0.219 e. The van der Waals surface area contributed by atoms with Gasteiger partial charge in [-0.3, -0.25) is 9.59 Å². The molecule has 8 heteroatoms. The van der Waals surface area contributed by atoms with Crippen molar-refractivity contribution in [2.45, 2.75) is 84.9 Å². The molecule has 3 N–H and O–H groups in total. The first-order valence-electron chi connectivity index (χ1n) is 13.8. The third-order valence-corrected chi connectivity index (χ3v) is 7.22. The normalized spacial score (nSPS) is 16.2. The summed E-state index contributed by atoms with van der Waals surface area (Å²) in [6.45, 7) is 11.8. The number of likely N-dealkylation sites (tertiary alicyclic amines) is 1. The van der Waals surface area contributed by atoms with Crippen LogP contribution < -0.4 is 10.6 Å². The van der Waals surface area contributed by atoms with Gasteiger partial charge in [-0.15, -0.1) is 0 Å². The van der Waals surface area contributed by atoms with Crippen molar-refractivity contribution in [1.82, 2.24) is 15.5 Å². The molecular weight excluding hydrogens is 500 g/mol. The highest BCUT2D eigenvalue weighted by Crippen LogP contribution is 2.32. The first-order chi connectivity index (χ1) is 18.3. The van der Waals surface area contributed by atoms with Crippen LogP contribution in [0.4, 0.5) is 8.78 Å². The van der Waals surface area contributed by atoms with E-state index in [4.69, 9.17) is 0 Å². The molecule has 0 aromatic heterocycles. The molecule has 2 aromatic carbocycles. The minimum absolute atomic E-state index is 0.0954. The minimum Gasteiger partial charge on any atom is -0.390 e. The molecule has 214 valence electrons. The van der Waals surface area contributed by atoms with Crippen molar-refractivity contribution in [1.29, 1.82) is 0 Å². The van der Waals surface area contributed by atoms with Crippen LogP contribution in [-0.2, 0) is 29.0 Å². The van der Waals surface area contributed by atoms with Gasteiger partial charge in [-0.1, -0.05) is 39.0 Å². The largest absolute Gasteiger partial charge is 0.390 e. The Kier molecular flexibility index (Phi) is 10.6. The van der Waals surface area contributed by atoms with Crippen molar-refractivity contribution in [3.63, 3.8) is 0 Å². The van der Waals surface area contributed by atoms with E-state index in [1.54, 1.807) is 6.92 Å². The number of nitrogens with zero attached hydrogens (tertiary/aromatic N) is 1. The zero-order valence-electron chi connectivity index (χ0n) is 23.8. The van der Waals surface area contributed by atoms with Gasteiger partial charge in [0.25, 0.3) is 0 Å². The Morgan fingerprint density at radius 2 is 1.67 bits per heavy atom. The van der Waals surface area contributed by atoms with Crippen molar-refractivity contribution in [2.24, 2.45) is 5.41 Å². The number of carbonyl (C=O) groups is 2. The SMILES string of the molecule is CC(=O)NC(Cc1cc(F)cc(F)c1)C(O)CNCc1cc(CC(C)(C)C)ccc1C1CCN(C(C)=O)CC1. The molecule has 1 aliphatic rings. The zero-order chi connectivity index (χ0) is 28.7. The Hall–Kier alpha value is -2.84. The average Bonchev–Trinajstić information content (AvgIpc) is 2.82. The molecule has 2 unspecified atom stereocenters. The van der Waals surface area contributed by atoms with Crippen LogP contribution in [0.15, 0.2) is 36.4 Å². The molecule has 39 heavy (non-hydrogen) atoms. The first-order valence-corrected chi connectivity index (χ1v) is 13.8. The highest BCUT2D eigenvalue weighted by molar-refractivity contribution is 5.73. The molecule has 2 amide bonds. The zero-order valence-corrected chi connectivity index (χ0v) is 23.8. The van der Waals surface area contributed by atoms with E-state index in [1.165, 1.54) is 30.2 Å². The van der Waals surface area contributed by atoms with Gasteiger partial charge in [0.15, 0.2) is 0 Å². The Morgan fingerprint density at radius 1 is 1.03 bits per heavy atom. The highest BCUT2D eigenvalue weighted by Gasteiger charge is 2.25. The summed E-state index contributed by atoms with van der Waals surface area (Å²) >= 11 is 0. The summed E-state index contributed by atoms with van der Waals surface area (Å²) in [5.41, 5.74) is 4.16. The fourth-order valence-corrected chi connectivity index (χ4v) is 5.46. The molecule has 0 spiro atoms. The maximum atomic E-state index is 13.7. The maximum Gasteiger partial charge on any atom is 0.219 e. The second-order valence-corrected chi connectivity index (χ2v) is 12.0. The van der Waals surface area contributed by atoms with Crippen LogP contribution in [-0.4, -0.2) is 53.6 Å². The number of aliphatic hydroxyl groups is 1. The Balaban J connectivity index is 1.72. The van der Waals surface area contributed by atoms with Crippen molar-refractivity contribution in [3.8, 4) is 0 Å². The standard InChI is InChI=1S/C31H43F2N3O3/c1-20(37)35-29(15-23-13-26(32)16-27(33)14-23)30(39)19-34-18-25-12-22(17-31(3,4)5)6-7-28(25)24-8-10-36(11-9-24)21(2)38/h6-7,12-14,16,24,29-30,34,39H,8-11,15,17-19H2,1-5H3,(H,35,37). The van der Waals surface area contributed by atoms with Crippen molar-refractivity contribution < 1.29 is 23.5 Å². The van der Waals surface area contributed by atoms with E-state index in [2.05, 4.69) is 49.6 Å². The second kappa shape index (κ2) is 13.5. The molecule has 0 saturated carbocycles. The summed E-state index contributed by atoms with van der Waals surface area (Å²) in [6, 6.07) is 9.15. The molecule has 1 fully saturated rings. The fourth-order valence-electron chi connectivity index (χ4n) is 5.46. The molecular formula is C31H43F2N3O3. The summed E-state index contributed by atoms with van der Waals surface area (Å²) in [5.74, 6) is -1.27. The van der Waals surface area contributed by atoms with E-state index in [9.17, 15) is 23.5 Å². The summed E-state index contributed by atoms with van der Waals surface area (Å²) < 4.78 is 27.4. The molecule has 2 aromatic rings. The van der Waals surface area contributed by atoms with Gasteiger partial charge in [0, 0.05) is 46.1 Å². The van der Waals surface area contributed by atoms with E-state index in [0.29, 0.717) is 18.0 Å². The number of hydrogen-bond donors (Lipinski definition) is 3. The third kappa shape index (κ3) is 9.69. The quantitative estimate of drug-likeness (QED) is 0.413. The van der Waals surface area contributed by atoms with Gasteiger partial charge in [0.2, 0.25) is 11.8 Å². The van der Waals surface area contributed by atoms with Gasteiger partial charge >= 0.3 is 0 Å². The number of amides is 2. The first kappa shape index (κ1) is 30.7. The Morgan fingerprint density at radius 3 is 2.23 bits per heavy atom. The minimum atomic E-state index is -0.972. The number of piperidine rings is 1. The Labute approximate surface area is 231 Å². The molecule has 1 aliphatic heterocycles. The number of carbonyl (C=O) groups excluding carboxylic acids is 2. The number of benzene rings is 2. The fraction of sp³-hybridized carbons (Fsp3) is 0.548. The van der Waals surface area contributed by atoms with Crippen molar-refractivity contribution in [3.05, 3.63) is 70.3 Å². The maximum absolute atomic E-state index is 13.7. The predicted octanol–water partition coefficient (Wildman–Crippen LogP) is 4.48. The monoisotopic (exact) mass is 543 g/mol. The van der Waals surface area contributed by atoms with E-state index >= 15 is 0 Å². The van der Waals surface area contributed by atoms with E-state index in [0.717, 1.165) is 44.0 Å². The number of aliphatic hydroxyl groups excluding tert-OH is 1. The Bertz CT molecular complexity index is 1120. The summed E-state index contributed by atoms with van der Waals surface area (Å²) in [5, 5.41) is 17.0. The van der Waals surface area contributed by atoms with Crippen molar-refractivity contribution in [2.75, 3.05) is 19.6 Å². The van der Waals surface area contributed by atoms with Crippen LogP contribution in [0.3, 0.4) is 0 Å². The van der Waals surface area contributed by atoms with Gasteiger partial charge in [-0.05, 0) is 71.4 Å². The molecule has 0 radical (unpaired) electrons. The van der Waals surface area contributed by atoms with Gasteiger partial charge < -0.3 is 20.6 Å². The second-order valence-electron chi connectivity index (χ2n) is 12.0. The van der Waals surface area contributed by atoms with E-state index in [-0.39, 0.29) is 30.2 Å². The molecule has 3 rings (SSSR count). The van der Waals surface area contributed by atoms with E-state index in [1.807, 2.05) is 4.90 Å². The predicted molar refractivity (Wildman–Crippen MR) is 149 cm³/mol. The van der Waals surface area contributed by atoms with E-state index < -0.39 is 23.8 Å². The van der Waals surface area contributed by atoms with Crippen LogP contribution in [0.1, 0.15) is 75.6 Å². The number of nitrogens with one attached hydrogen (secondary N) is 2. The van der Waals surface area contributed by atoms with Gasteiger partial charge in [-0.2, -0.15) is 0 Å². The highest BCUT2D eigenvalue weighted by atomic mass is 19.1. The summed E-state index contributed by atoms with van der Waals surface area (Å²) in [6.07, 6.45) is 1.87. The molecule has 2 atom stereocenters. The van der Waals surface area contributed by atoms with Crippen molar-refractivity contribution >= 4 is 11.8 Å². The lowest BCUT2D eigenvalue weighted by Crippen LogP contribution is -2.48. The molecule has 0 aliphatic carbocycles. The lowest BCUT2D eigenvalue weighted by Gasteiger charge is -2.33. The molecule has 1 saturated heterocycles. The van der Waals surface area contributed by atoms with Gasteiger partial charge in [0.05, 0.1) is 12.1 Å². The molecule has 1 heterocycles. The number of hydrogen-bond acceptors (Lipinski definition) is 4. The summed E-state index contributed by atoms with van der Waals surface area (Å²) in [7, 11) is 0.